The van der Waals surface area contributed by atoms with Gasteiger partial charge < -0.3 is 16.0 Å². The highest BCUT2D eigenvalue weighted by molar-refractivity contribution is 5.83. The zero-order valence-corrected chi connectivity index (χ0v) is 23.5. The number of para-hydroxylation sites is 1. The van der Waals surface area contributed by atoms with Gasteiger partial charge in [0.2, 0.25) is 11.8 Å². The summed E-state index contributed by atoms with van der Waals surface area (Å²) in [6, 6.07) is 19.8. The molecule has 2 aromatic carbocycles. The van der Waals surface area contributed by atoms with Gasteiger partial charge in [-0.25, -0.2) is 19.9 Å². The quantitative estimate of drug-likeness (QED) is 0.258. The van der Waals surface area contributed by atoms with Crippen molar-refractivity contribution in [3.8, 4) is 28.5 Å². The summed E-state index contributed by atoms with van der Waals surface area (Å²) in [5.74, 6) is 1.18. The SMILES string of the molecule is Cn1cnc(-c2ncc(-c3cc4cnc(Nc5ccc(NC6CCNCC6)cc5)nc4n(-c4ccccc4)c3=O)cn2)n1. The molecule has 0 bridgehead atoms. The van der Waals surface area contributed by atoms with E-state index in [0.29, 0.717) is 51.5 Å². The molecule has 0 aliphatic carbocycles. The fraction of sp³-hybridized carbons (Fsp3) is 0.194. The van der Waals surface area contributed by atoms with E-state index in [1.165, 1.54) is 0 Å². The van der Waals surface area contributed by atoms with E-state index in [1.54, 1.807) is 47.3 Å². The Morgan fingerprint density at radius 3 is 2.33 bits per heavy atom. The molecular weight excluding hydrogens is 542 g/mol. The van der Waals surface area contributed by atoms with E-state index in [4.69, 9.17) is 4.98 Å². The fourth-order valence-corrected chi connectivity index (χ4v) is 5.19. The van der Waals surface area contributed by atoms with Gasteiger partial charge in [0.1, 0.15) is 6.33 Å². The summed E-state index contributed by atoms with van der Waals surface area (Å²) in [6.45, 7) is 2.08. The highest BCUT2D eigenvalue weighted by atomic mass is 16.1. The number of anilines is 3. The summed E-state index contributed by atoms with van der Waals surface area (Å²) < 4.78 is 3.18. The average molecular weight is 572 g/mol. The number of hydrogen-bond acceptors (Lipinski definition) is 10. The number of rotatable bonds is 7. The van der Waals surface area contributed by atoms with Gasteiger partial charge in [0, 0.05) is 54.0 Å². The van der Waals surface area contributed by atoms with Crippen molar-refractivity contribution < 1.29 is 0 Å². The Morgan fingerprint density at radius 2 is 1.60 bits per heavy atom. The van der Waals surface area contributed by atoms with Gasteiger partial charge in [-0.3, -0.25) is 14.0 Å². The predicted octanol–water partition coefficient (Wildman–Crippen LogP) is 3.94. The number of piperidine rings is 1. The molecule has 0 saturated carbocycles. The van der Waals surface area contributed by atoms with Gasteiger partial charge in [0.15, 0.2) is 11.5 Å². The van der Waals surface area contributed by atoms with E-state index < -0.39 is 0 Å². The molecule has 5 heterocycles. The molecule has 0 radical (unpaired) electrons. The maximum Gasteiger partial charge on any atom is 0.264 e. The van der Waals surface area contributed by atoms with E-state index in [-0.39, 0.29) is 5.56 Å². The van der Waals surface area contributed by atoms with Crippen molar-refractivity contribution in [2.45, 2.75) is 18.9 Å². The van der Waals surface area contributed by atoms with Crippen LogP contribution in [0.2, 0.25) is 0 Å². The summed E-state index contributed by atoms with van der Waals surface area (Å²) in [5.41, 5.74) is 3.85. The second kappa shape index (κ2) is 11.4. The second-order valence-corrected chi connectivity index (χ2v) is 10.4. The minimum atomic E-state index is -0.246. The van der Waals surface area contributed by atoms with Crippen LogP contribution in [0.1, 0.15) is 12.8 Å². The molecule has 0 spiro atoms. The van der Waals surface area contributed by atoms with Crippen LogP contribution in [0.25, 0.3) is 39.5 Å². The van der Waals surface area contributed by atoms with E-state index in [1.807, 2.05) is 42.5 Å². The highest BCUT2D eigenvalue weighted by Crippen LogP contribution is 2.25. The molecule has 1 saturated heterocycles. The van der Waals surface area contributed by atoms with Crippen LogP contribution >= 0.6 is 0 Å². The fourth-order valence-electron chi connectivity index (χ4n) is 5.19. The number of nitrogens with one attached hydrogen (secondary N) is 3. The van der Waals surface area contributed by atoms with Crippen molar-refractivity contribution in [1.29, 1.82) is 0 Å². The molecule has 7 rings (SSSR count). The number of aryl methyl sites for hydroxylation is 1. The Kier molecular flexibility index (Phi) is 7.01. The van der Waals surface area contributed by atoms with Crippen LogP contribution in [-0.2, 0) is 7.05 Å². The van der Waals surface area contributed by atoms with Crippen molar-refractivity contribution in [3.05, 3.63) is 95.9 Å². The van der Waals surface area contributed by atoms with Crippen molar-refractivity contribution in [2.75, 3.05) is 23.7 Å². The van der Waals surface area contributed by atoms with Crippen LogP contribution in [0.5, 0.6) is 0 Å². The van der Waals surface area contributed by atoms with Gasteiger partial charge in [-0.05, 0) is 68.4 Å². The molecule has 6 aromatic rings. The third kappa shape index (κ3) is 5.55. The Labute approximate surface area is 246 Å². The van der Waals surface area contributed by atoms with E-state index in [9.17, 15) is 4.79 Å². The predicted molar refractivity (Wildman–Crippen MR) is 165 cm³/mol. The molecule has 0 atom stereocenters. The number of aromatic nitrogens is 8. The summed E-state index contributed by atoms with van der Waals surface area (Å²) in [5, 5.41) is 15.2. The van der Waals surface area contributed by atoms with Crippen LogP contribution in [0, 0.1) is 0 Å². The van der Waals surface area contributed by atoms with Gasteiger partial charge in [-0.1, -0.05) is 18.2 Å². The first-order chi connectivity index (χ1) is 21.1. The lowest BCUT2D eigenvalue weighted by atomic mass is 10.1. The molecule has 1 aliphatic heterocycles. The summed E-state index contributed by atoms with van der Waals surface area (Å²) in [6.07, 6.45) is 8.73. The Bertz CT molecular complexity index is 1930. The molecule has 43 heavy (non-hydrogen) atoms. The van der Waals surface area contributed by atoms with E-state index in [2.05, 4.69) is 53.1 Å². The smallest absolute Gasteiger partial charge is 0.264 e. The minimum Gasteiger partial charge on any atom is -0.382 e. The molecule has 12 heteroatoms. The Hall–Kier alpha value is -5.49. The zero-order chi connectivity index (χ0) is 29.2. The van der Waals surface area contributed by atoms with Crippen LogP contribution in [0.4, 0.5) is 17.3 Å². The van der Waals surface area contributed by atoms with Gasteiger partial charge >= 0.3 is 0 Å². The lowest BCUT2D eigenvalue weighted by Gasteiger charge is -2.24. The third-order valence-electron chi connectivity index (χ3n) is 7.37. The van der Waals surface area contributed by atoms with Gasteiger partial charge in [-0.2, -0.15) is 4.98 Å². The standard InChI is InChI=1S/C31H29N11O/c1-41-19-36-28(40-41)27-33-17-21(18-34-27)26-15-20-16-35-31(39-29(20)42(30(26)43)25-5-3-2-4-6-25)38-23-9-7-22(8-10-23)37-24-11-13-32-14-12-24/h2-10,15-19,24,32,37H,11-14H2,1H3,(H,35,38,39). The lowest BCUT2D eigenvalue weighted by molar-refractivity contribution is 0.479. The first-order valence-electron chi connectivity index (χ1n) is 14.1. The number of benzene rings is 2. The van der Waals surface area contributed by atoms with Gasteiger partial charge in [0.05, 0.1) is 11.3 Å². The third-order valence-corrected chi connectivity index (χ3v) is 7.37. The number of pyridine rings is 1. The van der Waals surface area contributed by atoms with E-state index >= 15 is 0 Å². The zero-order valence-electron chi connectivity index (χ0n) is 23.5. The lowest BCUT2D eigenvalue weighted by Crippen LogP contribution is -2.35. The Morgan fingerprint density at radius 1 is 0.860 bits per heavy atom. The molecule has 1 fully saturated rings. The molecule has 12 nitrogen and oxygen atoms in total. The first-order valence-corrected chi connectivity index (χ1v) is 14.1. The molecule has 3 N–H and O–H groups in total. The average Bonchev–Trinajstić information content (AvgIpc) is 3.49. The van der Waals surface area contributed by atoms with Crippen molar-refractivity contribution in [1.82, 2.24) is 44.6 Å². The maximum absolute atomic E-state index is 14.0. The van der Waals surface area contributed by atoms with Gasteiger partial charge in [-0.15, -0.1) is 5.10 Å². The molecule has 0 unspecified atom stereocenters. The largest absolute Gasteiger partial charge is 0.382 e. The van der Waals surface area contributed by atoms with Crippen LogP contribution < -0.4 is 21.5 Å². The molecule has 214 valence electrons. The second-order valence-electron chi connectivity index (χ2n) is 10.4. The van der Waals surface area contributed by atoms with Crippen molar-refractivity contribution in [3.63, 3.8) is 0 Å². The number of nitrogens with zero attached hydrogens (tertiary/aromatic N) is 8. The number of hydrogen-bond donors (Lipinski definition) is 3. The monoisotopic (exact) mass is 571 g/mol. The first kappa shape index (κ1) is 26.4. The molecule has 4 aromatic heterocycles. The summed E-state index contributed by atoms with van der Waals surface area (Å²) in [4.78, 5) is 36.4. The van der Waals surface area contributed by atoms with E-state index in [0.717, 1.165) is 37.3 Å². The highest BCUT2D eigenvalue weighted by Gasteiger charge is 2.17. The van der Waals surface area contributed by atoms with Crippen molar-refractivity contribution in [2.24, 2.45) is 7.05 Å². The summed E-state index contributed by atoms with van der Waals surface area (Å²) >= 11 is 0. The maximum atomic E-state index is 14.0. The van der Waals surface area contributed by atoms with Crippen LogP contribution in [0.3, 0.4) is 0 Å². The topological polar surface area (TPSA) is 140 Å². The summed E-state index contributed by atoms with van der Waals surface area (Å²) in [7, 11) is 1.78. The molecule has 0 amide bonds. The van der Waals surface area contributed by atoms with Crippen LogP contribution in [-0.4, -0.2) is 58.4 Å². The van der Waals surface area contributed by atoms with Crippen molar-refractivity contribution >= 4 is 28.4 Å². The molecule has 1 aliphatic rings. The normalized spacial score (nSPS) is 13.7. The minimum absolute atomic E-state index is 0.246. The van der Waals surface area contributed by atoms with Gasteiger partial charge in [0.25, 0.3) is 5.56 Å². The number of fused-ring (bicyclic) bond motifs is 1. The molecular formula is C31H29N11O. The Balaban J connectivity index is 1.22. The van der Waals surface area contributed by atoms with Crippen LogP contribution in [0.15, 0.2) is 90.4 Å².